The first kappa shape index (κ1) is 13.1. The van der Waals surface area contributed by atoms with Crippen molar-refractivity contribution in [1.82, 2.24) is 5.32 Å². The van der Waals surface area contributed by atoms with Crippen LogP contribution in [0.25, 0.3) is 0 Å². The van der Waals surface area contributed by atoms with Crippen LogP contribution in [-0.4, -0.2) is 42.7 Å². The topological polar surface area (TPSA) is 30.5 Å². The highest BCUT2D eigenvalue weighted by atomic mass is 28.2. The lowest BCUT2D eigenvalue weighted by molar-refractivity contribution is -0.0441. The smallest absolute Gasteiger partial charge is 0.136 e. The van der Waals surface area contributed by atoms with Crippen molar-refractivity contribution in [3.8, 4) is 0 Å². The summed E-state index contributed by atoms with van der Waals surface area (Å²) in [5, 5.41) is 3.37. The lowest BCUT2D eigenvalue weighted by Gasteiger charge is -2.11. The minimum Gasteiger partial charge on any atom is -0.360 e. The van der Waals surface area contributed by atoms with Crippen LogP contribution >= 0.6 is 0 Å². The molecule has 0 aromatic rings. The summed E-state index contributed by atoms with van der Waals surface area (Å²) in [6, 6.07) is 1.18. The Labute approximate surface area is 84.0 Å². The molecule has 0 aliphatic heterocycles. The van der Waals surface area contributed by atoms with Gasteiger partial charge in [-0.15, -0.1) is 0 Å². The predicted molar refractivity (Wildman–Crippen MR) is 56.1 cm³/mol. The quantitative estimate of drug-likeness (QED) is 0.345. The van der Waals surface area contributed by atoms with E-state index in [-0.39, 0.29) is 5.91 Å². The first-order chi connectivity index (χ1) is 6.35. The van der Waals surface area contributed by atoms with E-state index >= 15 is 0 Å². The van der Waals surface area contributed by atoms with Crippen LogP contribution in [0.4, 0.5) is 0 Å². The Kier molecular flexibility index (Phi) is 10.3. The predicted octanol–water partition coefficient (Wildman–Crippen LogP) is 1.07. The Balaban J connectivity index is 3.05. The maximum Gasteiger partial charge on any atom is 0.136 e. The molecular formula is C9H21NO2Si. The van der Waals surface area contributed by atoms with Crippen LogP contribution < -0.4 is 5.32 Å². The molecule has 0 heterocycles. The summed E-state index contributed by atoms with van der Waals surface area (Å²) in [4.78, 5) is 0. The first-order valence-corrected chi connectivity index (χ1v) is 6.13. The average molecular weight is 203 g/mol. The van der Waals surface area contributed by atoms with Gasteiger partial charge in [0.2, 0.25) is 0 Å². The molecule has 0 rings (SSSR count). The SMILES string of the molecule is CCCNCCC[Si]C(OC)OC. The van der Waals surface area contributed by atoms with E-state index in [0.717, 1.165) is 22.6 Å². The van der Waals surface area contributed by atoms with Crippen molar-refractivity contribution >= 4 is 9.52 Å². The van der Waals surface area contributed by atoms with Crippen molar-refractivity contribution in [3.63, 3.8) is 0 Å². The minimum atomic E-state index is 0.00572. The van der Waals surface area contributed by atoms with Gasteiger partial charge in [-0.25, -0.2) is 0 Å². The minimum absolute atomic E-state index is 0.00572. The van der Waals surface area contributed by atoms with Crippen molar-refractivity contribution in [2.75, 3.05) is 27.3 Å². The van der Waals surface area contributed by atoms with Gasteiger partial charge in [-0.1, -0.05) is 13.0 Å². The average Bonchev–Trinajstić information content (AvgIpc) is 2.17. The monoisotopic (exact) mass is 203 g/mol. The molecule has 0 aromatic heterocycles. The van der Waals surface area contributed by atoms with E-state index in [1.54, 1.807) is 14.2 Å². The summed E-state index contributed by atoms with van der Waals surface area (Å²) in [5.41, 5.74) is 0. The van der Waals surface area contributed by atoms with Gasteiger partial charge in [-0.2, -0.15) is 0 Å². The fourth-order valence-corrected chi connectivity index (χ4v) is 1.95. The summed E-state index contributed by atoms with van der Waals surface area (Å²) in [7, 11) is 4.13. The van der Waals surface area contributed by atoms with E-state index in [0.29, 0.717) is 0 Å². The van der Waals surface area contributed by atoms with Gasteiger partial charge in [0, 0.05) is 14.2 Å². The highest BCUT2D eigenvalue weighted by Crippen LogP contribution is 1.95. The van der Waals surface area contributed by atoms with Crippen LogP contribution in [-0.2, 0) is 9.47 Å². The molecule has 1 N–H and O–H groups in total. The van der Waals surface area contributed by atoms with Crippen molar-refractivity contribution in [3.05, 3.63) is 0 Å². The first-order valence-electron chi connectivity index (χ1n) is 4.84. The molecule has 0 unspecified atom stereocenters. The molecule has 0 spiro atoms. The summed E-state index contributed by atoms with van der Waals surface area (Å²) in [6.45, 7) is 4.42. The van der Waals surface area contributed by atoms with Gasteiger partial charge in [0.25, 0.3) is 0 Å². The van der Waals surface area contributed by atoms with Gasteiger partial charge in [-0.05, 0) is 25.9 Å². The van der Waals surface area contributed by atoms with Gasteiger partial charge in [0.05, 0.1) is 0 Å². The Morgan fingerprint density at radius 2 is 1.92 bits per heavy atom. The second kappa shape index (κ2) is 10.2. The summed E-state index contributed by atoms with van der Waals surface area (Å²) in [5.74, 6) is 0.00572. The van der Waals surface area contributed by atoms with Crippen LogP contribution in [0.2, 0.25) is 6.04 Å². The second-order valence-electron chi connectivity index (χ2n) is 2.86. The van der Waals surface area contributed by atoms with Gasteiger partial charge in [0.1, 0.15) is 15.4 Å². The Morgan fingerprint density at radius 3 is 2.46 bits per heavy atom. The molecule has 0 atom stereocenters. The zero-order valence-electron chi connectivity index (χ0n) is 8.93. The largest absolute Gasteiger partial charge is 0.360 e. The molecule has 0 saturated carbocycles. The summed E-state index contributed by atoms with van der Waals surface area (Å²) < 4.78 is 10.2. The second-order valence-corrected chi connectivity index (χ2v) is 4.24. The lowest BCUT2D eigenvalue weighted by atomic mass is 10.4. The fourth-order valence-electron chi connectivity index (χ4n) is 0.998. The Bertz CT molecular complexity index is 99.6. The number of ether oxygens (including phenoxy) is 2. The maximum atomic E-state index is 5.10. The highest BCUT2D eigenvalue weighted by molar-refractivity contribution is 6.36. The molecule has 0 amide bonds. The van der Waals surface area contributed by atoms with Gasteiger partial charge >= 0.3 is 0 Å². The molecule has 4 heteroatoms. The normalized spacial score (nSPS) is 11.1. The highest BCUT2D eigenvalue weighted by Gasteiger charge is 2.04. The van der Waals surface area contributed by atoms with Crippen molar-refractivity contribution in [2.45, 2.75) is 31.7 Å². The Hall–Kier alpha value is 0.0969. The van der Waals surface area contributed by atoms with Crippen LogP contribution in [0, 0.1) is 0 Å². The molecule has 0 aliphatic rings. The van der Waals surface area contributed by atoms with Gasteiger partial charge < -0.3 is 14.8 Å². The zero-order valence-corrected chi connectivity index (χ0v) is 9.93. The molecule has 78 valence electrons. The number of methoxy groups -OCH3 is 2. The van der Waals surface area contributed by atoms with Gasteiger partial charge in [-0.3, -0.25) is 0 Å². The lowest BCUT2D eigenvalue weighted by Crippen LogP contribution is -2.22. The third-order valence-corrected chi connectivity index (χ3v) is 3.14. The van der Waals surface area contributed by atoms with Crippen LogP contribution in [0.1, 0.15) is 19.8 Å². The fraction of sp³-hybridized carbons (Fsp3) is 1.00. The van der Waals surface area contributed by atoms with E-state index in [2.05, 4.69) is 12.2 Å². The third-order valence-electron chi connectivity index (χ3n) is 1.70. The van der Waals surface area contributed by atoms with Crippen LogP contribution in [0.3, 0.4) is 0 Å². The summed E-state index contributed by atoms with van der Waals surface area (Å²) >= 11 is 0. The molecule has 3 nitrogen and oxygen atoms in total. The van der Waals surface area contributed by atoms with Gasteiger partial charge in [0.15, 0.2) is 0 Å². The third kappa shape index (κ3) is 8.43. The van der Waals surface area contributed by atoms with E-state index < -0.39 is 0 Å². The van der Waals surface area contributed by atoms with Crippen molar-refractivity contribution in [2.24, 2.45) is 0 Å². The Morgan fingerprint density at radius 1 is 1.23 bits per heavy atom. The molecule has 0 aromatic carbocycles. The zero-order chi connectivity index (χ0) is 9.94. The molecule has 0 fully saturated rings. The molecule has 0 aliphatic carbocycles. The van der Waals surface area contributed by atoms with Crippen LogP contribution in [0.5, 0.6) is 0 Å². The van der Waals surface area contributed by atoms with Crippen molar-refractivity contribution < 1.29 is 9.47 Å². The summed E-state index contributed by atoms with van der Waals surface area (Å²) in [6.07, 6.45) is 2.42. The van der Waals surface area contributed by atoms with E-state index in [1.807, 2.05) is 0 Å². The molecule has 13 heavy (non-hydrogen) atoms. The number of rotatable bonds is 9. The van der Waals surface area contributed by atoms with Crippen LogP contribution in [0.15, 0.2) is 0 Å². The number of hydrogen-bond acceptors (Lipinski definition) is 3. The van der Waals surface area contributed by atoms with E-state index in [1.165, 1.54) is 18.9 Å². The molecule has 2 radical (unpaired) electrons. The maximum absolute atomic E-state index is 5.10. The van der Waals surface area contributed by atoms with Crippen molar-refractivity contribution in [1.29, 1.82) is 0 Å². The molecule has 0 bridgehead atoms. The van der Waals surface area contributed by atoms with E-state index in [9.17, 15) is 0 Å². The van der Waals surface area contributed by atoms with E-state index in [4.69, 9.17) is 9.47 Å². The number of hydrogen-bond donors (Lipinski definition) is 1. The molecule has 0 saturated heterocycles. The standard InChI is InChI=1S/C9H21NO2Si/c1-4-6-10-7-5-8-13-9(11-2)12-3/h9-10H,4-8H2,1-3H3. The molecular weight excluding hydrogens is 182 g/mol. The number of nitrogens with one attached hydrogen (secondary N) is 1.